The monoisotopic (exact) mass is 345 g/mol. The summed E-state index contributed by atoms with van der Waals surface area (Å²) in [6.07, 6.45) is 2.87. The predicted molar refractivity (Wildman–Crippen MR) is 93.2 cm³/mol. The van der Waals surface area contributed by atoms with Crippen LogP contribution in [0.15, 0.2) is 48.8 Å². The molecule has 0 radical (unpaired) electrons. The van der Waals surface area contributed by atoms with Crippen LogP contribution >= 0.6 is 12.4 Å². The maximum absolute atomic E-state index is 13.0. The van der Waals surface area contributed by atoms with Gasteiger partial charge >= 0.3 is 0 Å². The molecule has 2 saturated heterocycles. The summed E-state index contributed by atoms with van der Waals surface area (Å²) in [5, 5.41) is 13.0. The number of amides is 1. The van der Waals surface area contributed by atoms with Gasteiger partial charge in [0.1, 0.15) is 5.75 Å². The molecule has 0 saturated carbocycles. The van der Waals surface area contributed by atoms with E-state index in [1.807, 2.05) is 23.1 Å². The van der Waals surface area contributed by atoms with E-state index in [9.17, 15) is 9.90 Å². The minimum absolute atomic E-state index is 0. The van der Waals surface area contributed by atoms with E-state index in [1.54, 1.807) is 0 Å². The molecule has 126 valence electrons. The summed E-state index contributed by atoms with van der Waals surface area (Å²) in [6.45, 7) is 2.63. The van der Waals surface area contributed by atoms with Crippen LogP contribution in [0.4, 0.5) is 0 Å². The Morgan fingerprint density at radius 3 is 2.75 bits per heavy atom. The molecule has 4 rings (SSSR count). The van der Waals surface area contributed by atoms with Gasteiger partial charge in [0.25, 0.3) is 5.91 Å². The molecule has 0 spiro atoms. The maximum Gasteiger partial charge on any atom is 0.256 e. The Kier molecular flexibility index (Phi) is 4.73. The Balaban J connectivity index is 0.00000169. The quantitative estimate of drug-likeness (QED) is 0.876. The van der Waals surface area contributed by atoms with E-state index in [0.717, 1.165) is 19.6 Å². The Bertz CT molecular complexity index is 725. The molecular formula is C18H20ClN3O2. The number of carbonyl (C=O) groups excluding carboxylic acids is 1. The topological polar surface area (TPSA) is 65.5 Å². The van der Waals surface area contributed by atoms with Crippen LogP contribution in [0.3, 0.4) is 0 Å². The number of likely N-dealkylation sites (tertiary alicyclic amines) is 1. The second-order valence-electron chi connectivity index (χ2n) is 6.33. The normalized spacial score (nSPS) is 25.2. The smallest absolute Gasteiger partial charge is 0.256 e. The van der Waals surface area contributed by atoms with E-state index < -0.39 is 0 Å². The molecule has 2 aliphatic heterocycles. The van der Waals surface area contributed by atoms with Gasteiger partial charge in [-0.25, -0.2) is 0 Å². The summed E-state index contributed by atoms with van der Waals surface area (Å²) in [7, 11) is 0. The number of fused-ring (bicyclic) bond motifs is 1. The zero-order valence-electron chi connectivity index (χ0n) is 13.1. The molecule has 2 N–H and O–H groups in total. The highest BCUT2D eigenvalue weighted by atomic mass is 35.5. The number of hydrogen-bond donors (Lipinski definition) is 2. The van der Waals surface area contributed by atoms with Crippen molar-refractivity contribution in [3.8, 4) is 5.75 Å². The van der Waals surface area contributed by atoms with E-state index in [2.05, 4.69) is 22.4 Å². The van der Waals surface area contributed by atoms with Gasteiger partial charge < -0.3 is 15.3 Å². The maximum atomic E-state index is 13.0. The Hall–Kier alpha value is -2.11. The number of rotatable bonds is 2. The van der Waals surface area contributed by atoms with Crippen LogP contribution in [0.2, 0.25) is 0 Å². The molecule has 6 heteroatoms. The molecule has 2 aromatic rings. The standard InChI is InChI=1S/C18H19N3O2.ClH/c22-15-6-13(7-19-9-15)18(23)21-11-14-8-20-10-16(14)17(21)12-4-2-1-3-5-12;/h1-7,9,14,16-17,20,22H,8,10-11H2;1H/t14-,16-,17+;/m0./s1. The lowest BCUT2D eigenvalue weighted by atomic mass is 9.89. The second-order valence-corrected chi connectivity index (χ2v) is 6.33. The first-order chi connectivity index (χ1) is 11.2. The van der Waals surface area contributed by atoms with Gasteiger partial charge in [-0.2, -0.15) is 0 Å². The van der Waals surface area contributed by atoms with Crippen molar-refractivity contribution >= 4 is 18.3 Å². The molecule has 24 heavy (non-hydrogen) atoms. The van der Waals surface area contributed by atoms with Crippen LogP contribution in [0.1, 0.15) is 22.0 Å². The molecule has 3 atom stereocenters. The molecule has 1 aromatic carbocycles. The second kappa shape index (κ2) is 6.79. The van der Waals surface area contributed by atoms with Crippen LogP contribution in [-0.4, -0.2) is 40.5 Å². The predicted octanol–water partition coefficient (Wildman–Crippen LogP) is 2.24. The van der Waals surface area contributed by atoms with Crippen molar-refractivity contribution in [2.24, 2.45) is 11.8 Å². The van der Waals surface area contributed by atoms with Crippen molar-refractivity contribution < 1.29 is 9.90 Å². The van der Waals surface area contributed by atoms with Crippen molar-refractivity contribution in [2.45, 2.75) is 6.04 Å². The highest BCUT2D eigenvalue weighted by molar-refractivity contribution is 5.94. The van der Waals surface area contributed by atoms with Crippen LogP contribution in [-0.2, 0) is 0 Å². The lowest BCUT2D eigenvalue weighted by Crippen LogP contribution is -2.34. The van der Waals surface area contributed by atoms with Crippen LogP contribution < -0.4 is 5.32 Å². The fraction of sp³-hybridized carbons (Fsp3) is 0.333. The van der Waals surface area contributed by atoms with Crippen LogP contribution in [0, 0.1) is 11.8 Å². The van der Waals surface area contributed by atoms with Gasteiger partial charge in [0.2, 0.25) is 0 Å². The number of hydrogen-bond acceptors (Lipinski definition) is 4. The molecule has 2 fully saturated rings. The number of aromatic nitrogens is 1. The first-order valence-electron chi connectivity index (χ1n) is 7.94. The Labute approximate surface area is 147 Å². The van der Waals surface area contributed by atoms with Crippen molar-refractivity contribution in [2.75, 3.05) is 19.6 Å². The molecule has 0 unspecified atom stereocenters. The zero-order chi connectivity index (χ0) is 15.8. The molecule has 3 heterocycles. The van der Waals surface area contributed by atoms with Crippen LogP contribution in [0.25, 0.3) is 0 Å². The van der Waals surface area contributed by atoms with Crippen LogP contribution in [0.5, 0.6) is 5.75 Å². The molecule has 5 nitrogen and oxygen atoms in total. The van der Waals surface area contributed by atoms with Crippen molar-refractivity contribution in [3.05, 3.63) is 59.9 Å². The molecule has 2 aliphatic rings. The summed E-state index contributed by atoms with van der Waals surface area (Å²) in [4.78, 5) is 18.9. The highest BCUT2D eigenvalue weighted by Crippen LogP contribution is 2.43. The summed E-state index contributed by atoms with van der Waals surface area (Å²) < 4.78 is 0. The number of benzene rings is 1. The molecule has 0 aliphatic carbocycles. The van der Waals surface area contributed by atoms with E-state index in [0.29, 0.717) is 17.4 Å². The van der Waals surface area contributed by atoms with Gasteiger partial charge in [-0.15, -0.1) is 12.4 Å². The molecule has 1 aromatic heterocycles. The average molecular weight is 346 g/mol. The fourth-order valence-corrected chi connectivity index (χ4v) is 3.92. The van der Waals surface area contributed by atoms with E-state index >= 15 is 0 Å². The lowest BCUT2D eigenvalue weighted by molar-refractivity contribution is 0.0713. The van der Waals surface area contributed by atoms with Crippen molar-refractivity contribution in [1.29, 1.82) is 0 Å². The number of nitrogens with zero attached hydrogens (tertiary/aromatic N) is 2. The SMILES string of the molecule is Cl.O=C(c1cncc(O)c1)N1C[C@@H]2CNC[C@@H]2[C@H]1c1ccccc1. The van der Waals surface area contributed by atoms with E-state index in [1.165, 1.54) is 24.0 Å². The zero-order valence-corrected chi connectivity index (χ0v) is 13.9. The van der Waals surface area contributed by atoms with E-state index in [-0.39, 0.29) is 30.1 Å². The summed E-state index contributed by atoms with van der Waals surface area (Å²) in [6, 6.07) is 11.8. The van der Waals surface area contributed by atoms with Gasteiger partial charge in [-0.3, -0.25) is 9.78 Å². The number of carbonyl (C=O) groups is 1. The van der Waals surface area contributed by atoms with Gasteiger partial charge in [-0.1, -0.05) is 30.3 Å². The number of aromatic hydroxyl groups is 1. The lowest BCUT2D eigenvalue weighted by Gasteiger charge is -2.28. The van der Waals surface area contributed by atoms with Crippen molar-refractivity contribution in [3.63, 3.8) is 0 Å². The third-order valence-electron chi connectivity index (χ3n) is 4.94. The average Bonchev–Trinajstić information content (AvgIpc) is 3.15. The molecule has 1 amide bonds. The number of nitrogens with one attached hydrogen (secondary N) is 1. The first-order valence-corrected chi connectivity index (χ1v) is 7.94. The van der Waals surface area contributed by atoms with Gasteiger partial charge in [0, 0.05) is 31.7 Å². The number of pyridine rings is 1. The molecule has 0 bridgehead atoms. The summed E-state index contributed by atoms with van der Waals surface area (Å²) in [5.41, 5.74) is 1.61. The van der Waals surface area contributed by atoms with Gasteiger partial charge in [0.05, 0.1) is 17.8 Å². The van der Waals surface area contributed by atoms with E-state index in [4.69, 9.17) is 0 Å². The van der Waals surface area contributed by atoms with Gasteiger partial charge in [0.15, 0.2) is 0 Å². The largest absolute Gasteiger partial charge is 0.506 e. The fourth-order valence-electron chi connectivity index (χ4n) is 3.92. The highest BCUT2D eigenvalue weighted by Gasteiger charge is 2.46. The van der Waals surface area contributed by atoms with Crippen molar-refractivity contribution in [1.82, 2.24) is 15.2 Å². The third kappa shape index (κ3) is 2.85. The Morgan fingerprint density at radius 2 is 2.00 bits per heavy atom. The molecular weight excluding hydrogens is 326 g/mol. The minimum Gasteiger partial charge on any atom is -0.506 e. The first kappa shape index (κ1) is 16.7. The van der Waals surface area contributed by atoms with Gasteiger partial charge in [-0.05, 0) is 17.5 Å². The third-order valence-corrected chi connectivity index (χ3v) is 4.94. The Morgan fingerprint density at radius 1 is 1.21 bits per heavy atom. The summed E-state index contributed by atoms with van der Waals surface area (Å²) >= 11 is 0. The minimum atomic E-state index is -0.0587. The summed E-state index contributed by atoms with van der Waals surface area (Å²) in [5.74, 6) is 0.880. The number of halogens is 1.